The molecule has 0 saturated carbocycles. The Morgan fingerprint density at radius 2 is 1.93 bits per heavy atom. The number of rotatable bonds is 2. The molecular formula is C11H12IN3. The van der Waals surface area contributed by atoms with Gasteiger partial charge in [0.05, 0.1) is 12.2 Å². The molecule has 1 aromatic carbocycles. The van der Waals surface area contributed by atoms with Gasteiger partial charge in [0.15, 0.2) is 0 Å². The molecule has 2 N–H and O–H groups in total. The van der Waals surface area contributed by atoms with Gasteiger partial charge >= 0.3 is 0 Å². The normalized spacial score (nSPS) is 12.7. The van der Waals surface area contributed by atoms with Crippen molar-refractivity contribution in [3.63, 3.8) is 0 Å². The molecule has 0 spiro atoms. The zero-order valence-corrected chi connectivity index (χ0v) is 10.5. The van der Waals surface area contributed by atoms with Crippen LogP contribution in [0.2, 0.25) is 0 Å². The SMILES string of the molecule is CC(c1ccc(I)cc1)n1nccc1N. The first-order valence-corrected chi connectivity index (χ1v) is 5.81. The maximum Gasteiger partial charge on any atom is 0.122 e. The Morgan fingerprint density at radius 3 is 2.47 bits per heavy atom. The molecule has 3 nitrogen and oxygen atoms in total. The number of halogens is 1. The smallest absolute Gasteiger partial charge is 0.122 e. The van der Waals surface area contributed by atoms with E-state index in [9.17, 15) is 0 Å². The van der Waals surface area contributed by atoms with Crippen molar-refractivity contribution < 1.29 is 0 Å². The second-order valence-corrected chi connectivity index (χ2v) is 4.67. The van der Waals surface area contributed by atoms with Gasteiger partial charge in [-0.3, -0.25) is 0 Å². The van der Waals surface area contributed by atoms with Gasteiger partial charge in [-0.2, -0.15) is 5.10 Å². The van der Waals surface area contributed by atoms with Crippen LogP contribution in [-0.4, -0.2) is 9.78 Å². The molecule has 2 aromatic rings. The molecule has 1 aromatic heterocycles. The first-order chi connectivity index (χ1) is 7.18. The van der Waals surface area contributed by atoms with Gasteiger partial charge in [-0.25, -0.2) is 4.68 Å². The lowest BCUT2D eigenvalue weighted by atomic mass is 10.1. The number of aromatic nitrogens is 2. The van der Waals surface area contributed by atoms with Crippen LogP contribution in [0, 0.1) is 3.57 Å². The van der Waals surface area contributed by atoms with E-state index in [1.165, 1.54) is 9.13 Å². The predicted molar refractivity (Wildman–Crippen MR) is 69.6 cm³/mol. The molecule has 2 rings (SSSR count). The highest BCUT2D eigenvalue weighted by atomic mass is 127. The van der Waals surface area contributed by atoms with Crippen LogP contribution in [0.3, 0.4) is 0 Å². The minimum Gasteiger partial charge on any atom is -0.384 e. The highest BCUT2D eigenvalue weighted by Crippen LogP contribution is 2.20. The zero-order valence-electron chi connectivity index (χ0n) is 8.39. The van der Waals surface area contributed by atoms with Crippen LogP contribution in [0.4, 0.5) is 5.82 Å². The third-order valence-electron chi connectivity index (χ3n) is 2.42. The lowest BCUT2D eigenvalue weighted by molar-refractivity contribution is 0.573. The number of nitrogens with zero attached hydrogens (tertiary/aromatic N) is 2. The second kappa shape index (κ2) is 4.22. The summed E-state index contributed by atoms with van der Waals surface area (Å²) in [6.07, 6.45) is 1.72. The van der Waals surface area contributed by atoms with Crippen molar-refractivity contribution in [2.75, 3.05) is 5.73 Å². The standard InChI is InChI=1S/C11H12IN3/c1-8(15-11(13)6-7-14-15)9-2-4-10(12)5-3-9/h2-8H,13H2,1H3. The Morgan fingerprint density at radius 1 is 1.27 bits per heavy atom. The van der Waals surface area contributed by atoms with Crippen molar-refractivity contribution in [1.29, 1.82) is 0 Å². The quantitative estimate of drug-likeness (QED) is 0.866. The van der Waals surface area contributed by atoms with E-state index in [-0.39, 0.29) is 6.04 Å². The molecule has 4 heteroatoms. The van der Waals surface area contributed by atoms with Gasteiger partial charge in [-0.15, -0.1) is 0 Å². The fraction of sp³-hybridized carbons (Fsp3) is 0.182. The molecule has 0 aliphatic heterocycles. The maximum absolute atomic E-state index is 5.81. The fourth-order valence-electron chi connectivity index (χ4n) is 1.53. The van der Waals surface area contributed by atoms with Crippen molar-refractivity contribution >= 4 is 28.4 Å². The van der Waals surface area contributed by atoms with E-state index in [2.05, 4.69) is 58.9 Å². The molecule has 0 amide bonds. The summed E-state index contributed by atoms with van der Waals surface area (Å²) in [4.78, 5) is 0. The molecule has 0 radical (unpaired) electrons. The lowest BCUT2D eigenvalue weighted by Crippen LogP contribution is -2.11. The Balaban J connectivity index is 2.32. The molecular weight excluding hydrogens is 301 g/mol. The van der Waals surface area contributed by atoms with Gasteiger partial charge in [0.1, 0.15) is 5.82 Å². The van der Waals surface area contributed by atoms with Crippen molar-refractivity contribution in [2.24, 2.45) is 0 Å². The number of hydrogen-bond acceptors (Lipinski definition) is 2. The summed E-state index contributed by atoms with van der Waals surface area (Å²) < 4.78 is 3.05. The van der Waals surface area contributed by atoms with Crippen molar-refractivity contribution in [1.82, 2.24) is 9.78 Å². The Bertz CT molecular complexity index is 447. The van der Waals surface area contributed by atoms with Crippen molar-refractivity contribution in [3.05, 3.63) is 45.7 Å². The molecule has 0 fully saturated rings. The summed E-state index contributed by atoms with van der Waals surface area (Å²) in [5, 5.41) is 4.20. The summed E-state index contributed by atoms with van der Waals surface area (Å²) in [6.45, 7) is 2.09. The van der Waals surface area contributed by atoms with Crippen LogP contribution < -0.4 is 5.73 Å². The Hall–Kier alpha value is -1.04. The highest BCUT2D eigenvalue weighted by Gasteiger charge is 2.09. The number of benzene rings is 1. The van der Waals surface area contributed by atoms with E-state index in [4.69, 9.17) is 5.73 Å². The van der Waals surface area contributed by atoms with E-state index in [1.54, 1.807) is 6.20 Å². The molecule has 1 atom stereocenters. The largest absolute Gasteiger partial charge is 0.384 e. The molecule has 0 bridgehead atoms. The third kappa shape index (κ3) is 2.14. The summed E-state index contributed by atoms with van der Waals surface area (Å²) in [5.41, 5.74) is 7.02. The second-order valence-electron chi connectivity index (χ2n) is 3.43. The summed E-state index contributed by atoms with van der Waals surface area (Å²) in [7, 11) is 0. The number of anilines is 1. The fourth-order valence-corrected chi connectivity index (χ4v) is 1.89. The van der Waals surface area contributed by atoms with Crippen LogP contribution in [0.25, 0.3) is 0 Å². The minimum atomic E-state index is 0.178. The predicted octanol–water partition coefficient (Wildman–Crippen LogP) is 2.68. The first-order valence-electron chi connectivity index (χ1n) is 4.73. The van der Waals surface area contributed by atoms with Crippen molar-refractivity contribution in [3.8, 4) is 0 Å². The monoisotopic (exact) mass is 313 g/mol. The Kier molecular flexibility index (Phi) is 2.95. The summed E-state index contributed by atoms with van der Waals surface area (Å²) in [6, 6.07) is 10.4. The van der Waals surface area contributed by atoms with E-state index in [0.29, 0.717) is 5.82 Å². The number of hydrogen-bond donors (Lipinski definition) is 1. The topological polar surface area (TPSA) is 43.8 Å². The lowest BCUT2D eigenvalue weighted by Gasteiger charge is -2.14. The molecule has 1 heterocycles. The van der Waals surface area contributed by atoms with Gasteiger partial charge < -0.3 is 5.73 Å². The molecule has 78 valence electrons. The van der Waals surface area contributed by atoms with Crippen LogP contribution in [0.1, 0.15) is 18.5 Å². The van der Waals surface area contributed by atoms with E-state index in [1.807, 2.05) is 10.7 Å². The van der Waals surface area contributed by atoms with Gasteiger partial charge in [-0.1, -0.05) is 12.1 Å². The van der Waals surface area contributed by atoms with Gasteiger partial charge in [-0.05, 0) is 53.3 Å². The molecule has 15 heavy (non-hydrogen) atoms. The van der Waals surface area contributed by atoms with Gasteiger partial charge in [0.2, 0.25) is 0 Å². The first kappa shape index (κ1) is 10.5. The van der Waals surface area contributed by atoms with Crippen molar-refractivity contribution in [2.45, 2.75) is 13.0 Å². The molecule has 0 aliphatic carbocycles. The minimum absolute atomic E-state index is 0.178. The Labute approximate surface area is 102 Å². The van der Waals surface area contributed by atoms with Gasteiger partial charge in [0.25, 0.3) is 0 Å². The van der Waals surface area contributed by atoms with Crippen LogP contribution in [-0.2, 0) is 0 Å². The van der Waals surface area contributed by atoms with Crippen LogP contribution in [0.15, 0.2) is 36.5 Å². The average molecular weight is 313 g/mol. The summed E-state index contributed by atoms with van der Waals surface area (Å²) in [5.74, 6) is 0.695. The van der Waals surface area contributed by atoms with Crippen LogP contribution >= 0.6 is 22.6 Å². The average Bonchev–Trinajstić information content (AvgIpc) is 2.65. The molecule has 0 saturated heterocycles. The van der Waals surface area contributed by atoms with E-state index in [0.717, 1.165) is 0 Å². The summed E-state index contributed by atoms with van der Waals surface area (Å²) >= 11 is 2.29. The highest BCUT2D eigenvalue weighted by molar-refractivity contribution is 14.1. The van der Waals surface area contributed by atoms with E-state index >= 15 is 0 Å². The maximum atomic E-state index is 5.81. The number of nitrogen functional groups attached to an aromatic ring is 1. The molecule has 1 unspecified atom stereocenters. The van der Waals surface area contributed by atoms with Gasteiger partial charge in [0, 0.05) is 3.57 Å². The third-order valence-corrected chi connectivity index (χ3v) is 3.14. The van der Waals surface area contributed by atoms with Crippen LogP contribution in [0.5, 0.6) is 0 Å². The number of nitrogens with two attached hydrogens (primary N) is 1. The zero-order chi connectivity index (χ0) is 10.8. The van der Waals surface area contributed by atoms with E-state index < -0.39 is 0 Å². The molecule has 0 aliphatic rings.